The Morgan fingerprint density at radius 2 is 2.00 bits per heavy atom. The Balaban J connectivity index is 2.74. The Bertz CT molecular complexity index is 403. The van der Waals surface area contributed by atoms with Gasteiger partial charge in [0, 0.05) is 0 Å². The van der Waals surface area contributed by atoms with Crippen molar-refractivity contribution in [1.29, 1.82) is 0 Å². The summed E-state index contributed by atoms with van der Waals surface area (Å²) < 4.78 is 23.0. The number of para-hydroxylation sites is 1. The maximum absolute atomic E-state index is 13.2. The molecule has 92 valence electrons. The SMILES string of the molecule is CC(C)OC(=O)C(C=O)Oc1ccccc1F. The lowest BCUT2D eigenvalue weighted by Crippen LogP contribution is -2.32. The third-order valence-corrected chi connectivity index (χ3v) is 1.80. The maximum Gasteiger partial charge on any atom is 0.355 e. The smallest absolute Gasteiger partial charge is 0.355 e. The van der Waals surface area contributed by atoms with Crippen molar-refractivity contribution in [3.63, 3.8) is 0 Å². The van der Waals surface area contributed by atoms with E-state index in [1.54, 1.807) is 13.8 Å². The van der Waals surface area contributed by atoms with Crippen LogP contribution in [0.15, 0.2) is 24.3 Å². The molecule has 0 spiro atoms. The summed E-state index contributed by atoms with van der Waals surface area (Å²) in [7, 11) is 0. The summed E-state index contributed by atoms with van der Waals surface area (Å²) in [6.45, 7) is 3.28. The predicted octanol–water partition coefficient (Wildman–Crippen LogP) is 1.72. The lowest BCUT2D eigenvalue weighted by Gasteiger charge is -2.14. The van der Waals surface area contributed by atoms with Gasteiger partial charge in [0.2, 0.25) is 6.10 Å². The van der Waals surface area contributed by atoms with E-state index in [9.17, 15) is 14.0 Å². The second-order valence-electron chi connectivity index (χ2n) is 3.59. The Morgan fingerprint density at radius 1 is 1.35 bits per heavy atom. The van der Waals surface area contributed by atoms with Crippen molar-refractivity contribution in [2.24, 2.45) is 0 Å². The molecule has 0 N–H and O–H groups in total. The average Bonchev–Trinajstić information content (AvgIpc) is 2.27. The van der Waals surface area contributed by atoms with Gasteiger partial charge in [0.25, 0.3) is 0 Å². The third kappa shape index (κ3) is 3.86. The minimum Gasteiger partial charge on any atom is -0.468 e. The van der Waals surface area contributed by atoms with Crippen LogP contribution in [0.5, 0.6) is 5.75 Å². The normalized spacial score (nSPS) is 12.0. The van der Waals surface area contributed by atoms with Crippen LogP contribution in [-0.2, 0) is 14.3 Å². The van der Waals surface area contributed by atoms with E-state index >= 15 is 0 Å². The van der Waals surface area contributed by atoms with E-state index in [-0.39, 0.29) is 18.1 Å². The van der Waals surface area contributed by atoms with Gasteiger partial charge >= 0.3 is 5.97 Å². The molecule has 0 bridgehead atoms. The van der Waals surface area contributed by atoms with Crippen molar-refractivity contribution >= 4 is 12.3 Å². The molecule has 17 heavy (non-hydrogen) atoms. The summed E-state index contributed by atoms with van der Waals surface area (Å²) in [6.07, 6.45) is -1.54. The van der Waals surface area contributed by atoms with Gasteiger partial charge in [-0.1, -0.05) is 12.1 Å². The molecular formula is C12H13FO4. The van der Waals surface area contributed by atoms with Crippen LogP contribution in [0.3, 0.4) is 0 Å². The Morgan fingerprint density at radius 3 is 2.53 bits per heavy atom. The van der Waals surface area contributed by atoms with Crippen molar-refractivity contribution in [2.75, 3.05) is 0 Å². The molecule has 1 aromatic rings. The molecule has 5 heteroatoms. The number of ether oxygens (including phenoxy) is 2. The van der Waals surface area contributed by atoms with Gasteiger partial charge < -0.3 is 9.47 Å². The predicted molar refractivity (Wildman–Crippen MR) is 58.1 cm³/mol. The number of hydrogen-bond donors (Lipinski definition) is 0. The van der Waals surface area contributed by atoms with Gasteiger partial charge in [0.1, 0.15) is 0 Å². The van der Waals surface area contributed by atoms with Crippen molar-refractivity contribution in [3.05, 3.63) is 30.1 Å². The molecule has 0 aromatic heterocycles. The molecular weight excluding hydrogens is 227 g/mol. The topological polar surface area (TPSA) is 52.6 Å². The summed E-state index contributed by atoms with van der Waals surface area (Å²) in [6, 6.07) is 5.51. The first-order valence-corrected chi connectivity index (χ1v) is 5.11. The molecule has 0 aliphatic carbocycles. The summed E-state index contributed by atoms with van der Waals surface area (Å²) in [5.74, 6) is -1.64. The fraction of sp³-hybridized carbons (Fsp3) is 0.333. The van der Waals surface area contributed by atoms with E-state index in [1.165, 1.54) is 24.3 Å². The van der Waals surface area contributed by atoms with Gasteiger partial charge in [0.15, 0.2) is 17.9 Å². The Kier molecular flexibility index (Phi) is 4.63. The van der Waals surface area contributed by atoms with Crippen molar-refractivity contribution in [1.82, 2.24) is 0 Å². The molecule has 4 nitrogen and oxygen atoms in total. The minimum absolute atomic E-state index is 0.162. The number of carbonyl (C=O) groups is 2. The highest BCUT2D eigenvalue weighted by molar-refractivity contribution is 5.91. The first-order valence-electron chi connectivity index (χ1n) is 5.11. The second kappa shape index (κ2) is 5.98. The molecule has 0 saturated carbocycles. The van der Waals surface area contributed by atoms with Crippen LogP contribution in [0.2, 0.25) is 0 Å². The quantitative estimate of drug-likeness (QED) is 0.447. The molecule has 0 aliphatic heterocycles. The van der Waals surface area contributed by atoms with Crippen LogP contribution < -0.4 is 4.74 Å². The molecule has 0 radical (unpaired) electrons. The average molecular weight is 240 g/mol. The van der Waals surface area contributed by atoms with E-state index in [1.807, 2.05) is 0 Å². The van der Waals surface area contributed by atoms with Crippen LogP contribution in [0.4, 0.5) is 4.39 Å². The molecule has 0 heterocycles. The van der Waals surface area contributed by atoms with Crippen molar-refractivity contribution in [2.45, 2.75) is 26.1 Å². The highest BCUT2D eigenvalue weighted by Crippen LogP contribution is 2.17. The molecule has 0 amide bonds. The Labute approximate surface area is 98.3 Å². The third-order valence-electron chi connectivity index (χ3n) is 1.80. The first kappa shape index (κ1) is 13.2. The number of esters is 1. The minimum atomic E-state index is -1.45. The number of benzene rings is 1. The van der Waals surface area contributed by atoms with Crippen LogP contribution in [0, 0.1) is 5.82 Å². The van der Waals surface area contributed by atoms with E-state index in [2.05, 4.69) is 0 Å². The summed E-state index contributed by atoms with van der Waals surface area (Å²) in [4.78, 5) is 22.1. The standard InChI is InChI=1S/C12H13FO4/c1-8(2)16-12(15)11(7-14)17-10-6-4-3-5-9(10)13/h3-8,11H,1-2H3. The zero-order valence-corrected chi connectivity index (χ0v) is 9.55. The Hall–Kier alpha value is -1.91. The van der Waals surface area contributed by atoms with Gasteiger partial charge in [-0.3, -0.25) is 4.79 Å². The van der Waals surface area contributed by atoms with Crippen LogP contribution in [0.25, 0.3) is 0 Å². The van der Waals surface area contributed by atoms with Gasteiger partial charge in [-0.25, -0.2) is 9.18 Å². The first-order chi connectivity index (χ1) is 8.04. The van der Waals surface area contributed by atoms with Crippen LogP contribution >= 0.6 is 0 Å². The molecule has 1 atom stereocenters. The largest absolute Gasteiger partial charge is 0.468 e. The number of hydrogen-bond acceptors (Lipinski definition) is 4. The molecule has 1 rings (SSSR count). The van der Waals surface area contributed by atoms with E-state index < -0.39 is 17.9 Å². The van der Waals surface area contributed by atoms with Crippen molar-refractivity contribution < 1.29 is 23.5 Å². The number of aldehydes is 1. The lowest BCUT2D eigenvalue weighted by molar-refractivity contribution is -0.156. The summed E-state index contributed by atoms with van der Waals surface area (Å²) >= 11 is 0. The van der Waals surface area contributed by atoms with Crippen molar-refractivity contribution in [3.8, 4) is 5.75 Å². The van der Waals surface area contributed by atoms with Gasteiger partial charge in [-0.2, -0.15) is 0 Å². The zero-order chi connectivity index (χ0) is 12.8. The molecule has 0 fully saturated rings. The molecule has 1 unspecified atom stereocenters. The monoisotopic (exact) mass is 240 g/mol. The van der Waals surface area contributed by atoms with E-state index in [0.717, 1.165) is 0 Å². The molecule has 0 saturated heterocycles. The summed E-state index contributed by atoms with van der Waals surface area (Å²) in [5.41, 5.74) is 0. The summed E-state index contributed by atoms with van der Waals surface area (Å²) in [5, 5.41) is 0. The highest BCUT2D eigenvalue weighted by Gasteiger charge is 2.23. The number of carbonyl (C=O) groups excluding carboxylic acids is 2. The zero-order valence-electron chi connectivity index (χ0n) is 9.55. The highest BCUT2D eigenvalue weighted by atomic mass is 19.1. The van der Waals surface area contributed by atoms with Crippen LogP contribution in [-0.4, -0.2) is 24.5 Å². The maximum atomic E-state index is 13.2. The molecule has 0 aliphatic rings. The van der Waals surface area contributed by atoms with Gasteiger partial charge in [0.05, 0.1) is 6.10 Å². The van der Waals surface area contributed by atoms with Gasteiger partial charge in [-0.15, -0.1) is 0 Å². The van der Waals surface area contributed by atoms with Gasteiger partial charge in [-0.05, 0) is 26.0 Å². The van der Waals surface area contributed by atoms with E-state index in [4.69, 9.17) is 9.47 Å². The molecule has 1 aromatic carbocycles. The number of halogens is 1. The second-order valence-corrected chi connectivity index (χ2v) is 3.59. The number of rotatable bonds is 5. The van der Waals surface area contributed by atoms with Crippen LogP contribution in [0.1, 0.15) is 13.8 Å². The fourth-order valence-electron chi connectivity index (χ4n) is 1.11. The fourth-order valence-corrected chi connectivity index (χ4v) is 1.11. The lowest BCUT2D eigenvalue weighted by atomic mass is 10.3. The van der Waals surface area contributed by atoms with E-state index in [0.29, 0.717) is 0 Å².